The lowest BCUT2D eigenvalue weighted by Crippen LogP contribution is -2.48. The Hall–Kier alpha value is -3.98. The number of benzene rings is 2. The van der Waals surface area contributed by atoms with Crippen molar-refractivity contribution in [2.45, 2.75) is 115 Å². The lowest BCUT2D eigenvalue weighted by Gasteiger charge is -2.23. The summed E-state index contributed by atoms with van der Waals surface area (Å²) in [6, 6.07) is 15.0. The first kappa shape index (κ1) is 56.3. The zero-order valence-electron chi connectivity index (χ0n) is 38.4. The quantitative estimate of drug-likeness (QED) is 0.0447. The number of aryl methyl sites for hydroxylation is 2. The van der Waals surface area contributed by atoms with Gasteiger partial charge in [0.2, 0.25) is 35.4 Å². The summed E-state index contributed by atoms with van der Waals surface area (Å²) in [5, 5.41) is 17.3. The number of carbonyl (C=O) groups excluding carboxylic acids is 6. The van der Waals surface area contributed by atoms with E-state index in [1.165, 1.54) is 0 Å². The Morgan fingerprint density at radius 1 is 0.530 bits per heavy atom. The number of nitrogens with one attached hydrogen (secondary N) is 6. The second kappa shape index (κ2) is 34.3. The molecule has 66 heavy (non-hydrogen) atoms. The summed E-state index contributed by atoms with van der Waals surface area (Å²) in [6.45, 7) is 4.27. The highest BCUT2D eigenvalue weighted by Crippen LogP contribution is 2.18. The fourth-order valence-electron chi connectivity index (χ4n) is 7.62. The molecule has 0 bridgehead atoms. The molecule has 2 aromatic carbocycles. The molecule has 3 rings (SSSR count). The zero-order chi connectivity index (χ0) is 47.8. The van der Waals surface area contributed by atoms with E-state index in [0.29, 0.717) is 114 Å². The van der Waals surface area contributed by atoms with Crippen molar-refractivity contribution in [3.05, 3.63) is 59.7 Å². The van der Waals surface area contributed by atoms with Crippen LogP contribution in [-0.2, 0) is 41.6 Å². The highest BCUT2D eigenvalue weighted by Gasteiger charge is 2.23. The summed E-state index contributed by atoms with van der Waals surface area (Å²) in [7, 11) is 0. The summed E-state index contributed by atoms with van der Waals surface area (Å²) in [4.78, 5) is 81.3. The second-order valence-electron chi connectivity index (χ2n) is 16.5. The van der Waals surface area contributed by atoms with Crippen molar-refractivity contribution in [2.24, 2.45) is 0 Å². The molecular formula is C48H72Cl4N8O6. The van der Waals surface area contributed by atoms with E-state index < -0.39 is 12.1 Å². The van der Waals surface area contributed by atoms with Gasteiger partial charge in [0.15, 0.2) is 0 Å². The van der Waals surface area contributed by atoms with Crippen molar-refractivity contribution in [1.29, 1.82) is 0 Å². The Kier molecular flexibility index (Phi) is 29.3. The Bertz CT molecular complexity index is 1600. The number of carbonyl (C=O) groups is 6. The standard InChI is InChI=1S/C48H72Cl4N8O6/c49-25-33-59(34-26-50)39-21-17-37(18-22-39)9-5-13-43(61)53-29-3-1-11-41-47(65)55-31-8-16-46(64)58-42(48(66)56-32-7-15-45(63)57-41)12-2-4-30-54-44(62)14-6-10-38-19-23-40(24-20-38)60(35-27-51)36-28-52/h17-24,41-42H,1-16,25-36H2,(H,53,61)(H,54,62)(H,55,65)(H,56,66)(H,57,63)(H,58,64)/t41-,42-/m0/s1. The summed E-state index contributed by atoms with van der Waals surface area (Å²) in [6.07, 6.45) is 7.97. The predicted molar refractivity (Wildman–Crippen MR) is 268 cm³/mol. The topological polar surface area (TPSA) is 181 Å². The molecule has 0 aliphatic carbocycles. The smallest absolute Gasteiger partial charge is 0.242 e. The van der Waals surface area contributed by atoms with Gasteiger partial charge >= 0.3 is 0 Å². The van der Waals surface area contributed by atoms with E-state index in [4.69, 9.17) is 46.4 Å². The summed E-state index contributed by atoms with van der Waals surface area (Å²) in [5.41, 5.74) is 4.44. The number of halogens is 4. The monoisotopic (exact) mass is 996 g/mol. The van der Waals surface area contributed by atoms with Crippen LogP contribution in [0.5, 0.6) is 0 Å². The average molecular weight is 999 g/mol. The van der Waals surface area contributed by atoms with Crippen molar-refractivity contribution in [3.63, 3.8) is 0 Å². The van der Waals surface area contributed by atoms with Gasteiger partial charge in [0.1, 0.15) is 12.1 Å². The lowest BCUT2D eigenvalue weighted by molar-refractivity contribution is -0.130. The number of nitrogens with zero attached hydrogens (tertiary/aromatic N) is 2. The van der Waals surface area contributed by atoms with Crippen molar-refractivity contribution in [1.82, 2.24) is 31.9 Å². The van der Waals surface area contributed by atoms with E-state index in [0.717, 1.165) is 61.5 Å². The van der Waals surface area contributed by atoms with Gasteiger partial charge < -0.3 is 41.7 Å². The SMILES string of the molecule is O=C(CCCc1ccc(N(CCCl)CCCl)cc1)NCCCC[C@@H]1NC(=O)CCCNC(=O)[C@H](CCCCNC(=O)CCCc2ccc(N(CCCl)CCCl)cc2)NC(=O)CCCNC1=O. The zero-order valence-corrected chi connectivity index (χ0v) is 41.5. The normalized spacial score (nSPS) is 16.4. The Labute approximate surface area is 412 Å². The molecule has 0 radical (unpaired) electrons. The molecule has 0 spiro atoms. The maximum Gasteiger partial charge on any atom is 0.242 e. The molecule has 6 amide bonds. The Morgan fingerprint density at radius 2 is 0.894 bits per heavy atom. The van der Waals surface area contributed by atoms with E-state index in [2.05, 4.69) is 90.2 Å². The van der Waals surface area contributed by atoms with Gasteiger partial charge in [-0.2, -0.15) is 0 Å². The van der Waals surface area contributed by atoms with Gasteiger partial charge in [0, 0.05) is 113 Å². The van der Waals surface area contributed by atoms with E-state index in [1.54, 1.807) is 0 Å². The van der Waals surface area contributed by atoms with Crippen LogP contribution in [0.3, 0.4) is 0 Å². The lowest BCUT2D eigenvalue weighted by atomic mass is 10.1. The van der Waals surface area contributed by atoms with Crippen LogP contribution < -0.4 is 41.7 Å². The van der Waals surface area contributed by atoms with Gasteiger partial charge in [0.05, 0.1) is 0 Å². The predicted octanol–water partition coefficient (Wildman–Crippen LogP) is 5.95. The molecule has 1 aliphatic rings. The fraction of sp³-hybridized carbons (Fsp3) is 0.625. The van der Waals surface area contributed by atoms with Gasteiger partial charge in [-0.1, -0.05) is 24.3 Å². The maximum atomic E-state index is 13.1. The molecule has 1 fully saturated rings. The van der Waals surface area contributed by atoms with Crippen molar-refractivity contribution in [2.75, 3.05) is 85.7 Å². The van der Waals surface area contributed by atoms with Crippen molar-refractivity contribution >= 4 is 93.2 Å². The van der Waals surface area contributed by atoms with Crippen molar-refractivity contribution < 1.29 is 28.8 Å². The fourth-order valence-corrected chi connectivity index (χ4v) is 8.43. The Morgan fingerprint density at radius 3 is 1.24 bits per heavy atom. The number of unbranched alkanes of at least 4 members (excludes halogenated alkanes) is 2. The van der Waals surface area contributed by atoms with Crippen LogP contribution in [0, 0.1) is 0 Å². The number of rotatable bonds is 28. The van der Waals surface area contributed by atoms with Crippen molar-refractivity contribution in [3.8, 4) is 0 Å². The van der Waals surface area contributed by atoms with Gasteiger partial charge in [-0.15, -0.1) is 46.4 Å². The van der Waals surface area contributed by atoms with Crippen LogP contribution >= 0.6 is 46.4 Å². The summed E-state index contributed by atoms with van der Waals surface area (Å²) < 4.78 is 0. The van der Waals surface area contributed by atoms with Crippen LogP contribution in [0.15, 0.2) is 48.5 Å². The third-order valence-corrected chi connectivity index (χ3v) is 12.0. The number of alkyl halides is 4. The largest absolute Gasteiger partial charge is 0.369 e. The van der Waals surface area contributed by atoms with Crippen LogP contribution in [-0.4, -0.2) is 123 Å². The molecular weight excluding hydrogens is 926 g/mol. The number of hydrogen-bond acceptors (Lipinski definition) is 8. The highest BCUT2D eigenvalue weighted by atomic mass is 35.5. The molecule has 0 unspecified atom stereocenters. The molecule has 1 aliphatic heterocycles. The molecule has 0 saturated carbocycles. The first-order chi connectivity index (χ1) is 32.1. The van der Waals surface area contributed by atoms with Crippen LogP contribution in [0.2, 0.25) is 0 Å². The van der Waals surface area contributed by atoms with E-state index in [1.807, 2.05) is 0 Å². The van der Waals surface area contributed by atoms with Crippen LogP contribution in [0.4, 0.5) is 11.4 Å². The van der Waals surface area contributed by atoms with Gasteiger partial charge in [-0.3, -0.25) is 28.8 Å². The molecule has 14 nitrogen and oxygen atoms in total. The maximum absolute atomic E-state index is 13.1. The first-order valence-electron chi connectivity index (χ1n) is 23.7. The minimum atomic E-state index is -0.759. The average Bonchev–Trinajstić information content (AvgIpc) is 3.30. The highest BCUT2D eigenvalue weighted by molar-refractivity contribution is 6.19. The number of amides is 6. The van der Waals surface area contributed by atoms with Gasteiger partial charge in [0.25, 0.3) is 0 Å². The van der Waals surface area contributed by atoms with Crippen LogP contribution in [0.1, 0.15) is 101 Å². The molecule has 1 heterocycles. The molecule has 0 aromatic heterocycles. The molecule has 18 heteroatoms. The molecule has 2 aromatic rings. The second-order valence-corrected chi connectivity index (χ2v) is 18.0. The van der Waals surface area contributed by atoms with Gasteiger partial charge in [-0.25, -0.2) is 0 Å². The number of hydrogen-bond donors (Lipinski definition) is 6. The minimum absolute atomic E-state index is 0.0305. The third kappa shape index (κ3) is 23.7. The summed E-state index contributed by atoms with van der Waals surface area (Å²) in [5.74, 6) is 0.790. The summed E-state index contributed by atoms with van der Waals surface area (Å²) >= 11 is 23.7. The Balaban J connectivity index is 1.32. The minimum Gasteiger partial charge on any atom is -0.369 e. The third-order valence-electron chi connectivity index (χ3n) is 11.3. The van der Waals surface area contributed by atoms with Gasteiger partial charge in [-0.05, 0) is 112 Å². The van der Waals surface area contributed by atoms with E-state index in [9.17, 15) is 28.8 Å². The molecule has 368 valence electrons. The van der Waals surface area contributed by atoms with E-state index >= 15 is 0 Å². The first-order valence-corrected chi connectivity index (χ1v) is 25.8. The molecule has 6 N–H and O–H groups in total. The molecule has 1 saturated heterocycles. The van der Waals surface area contributed by atoms with E-state index in [-0.39, 0.29) is 61.4 Å². The van der Waals surface area contributed by atoms with Crippen LogP contribution in [0.25, 0.3) is 0 Å². The molecule has 2 atom stereocenters. The number of anilines is 2.